The fraction of sp³-hybridized carbons (Fsp3) is 0.750. The van der Waals surface area contributed by atoms with E-state index in [2.05, 4.69) is 25.9 Å². The summed E-state index contributed by atoms with van der Waals surface area (Å²) < 4.78 is 4.79. The molecule has 0 aliphatic carbocycles. The van der Waals surface area contributed by atoms with Crippen molar-refractivity contribution in [3.05, 3.63) is 0 Å². The Morgan fingerprint density at radius 3 is 2.07 bits per heavy atom. The predicted molar refractivity (Wildman–Crippen MR) is 57.3 cm³/mol. The van der Waals surface area contributed by atoms with E-state index in [1.54, 1.807) is 13.8 Å². The standard InChI is InChI=1S/C12H20O2/c1-9(2)11(13)14-8-7-12(5,6)10(3)4/h9-10H,1-6H3. The molecule has 2 nitrogen and oxygen atoms in total. The highest BCUT2D eigenvalue weighted by atomic mass is 16.5. The van der Waals surface area contributed by atoms with Crippen molar-refractivity contribution in [2.24, 2.45) is 17.3 Å². The van der Waals surface area contributed by atoms with Crippen LogP contribution >= 0.6 is 0 Å². The molecule has 0 spiro atoms. The number of hydrogen-bond donors (Lipinski definition) is 0. The molecule has 0 aliphatic rings. The molecular weight excluding hydrogens is 176 g/mol. The maximum Gasteiger partial charge on any atom is 0.322 e. The monoisotopic (exact) mass is 196 g/mol. The van der Waals surface area contributed by atoms with Crippen molar-refractivity contribution in [1.29, 1.82) is 0 Å². The van der Waals surface area contributed by atoms with Crippen molar-refractivity contribution in [3.63, 3.8) is 0 Å². The molecule has 0 aromatic carbocycles. The maximum atomic E-state index is 11.1. The molecule has 0 saturated carbocycles. The summed E-state index contributed by atoms with van der Waals surface area (Å²) in [5.41, 5.74) is -0.114. The van der Waals surface area contributed by atoms with E-state index in [0.29, 0.717) is 5.92 Å². The van der Waals surface area contributed by atoms with Gasteiger partial charge in [-0.25, -0.2) is 0 Å². The van der Waals surface area contributed by atoms with Crippen LogP contribution in [-0.4, -0.2) is 5.97 Å². The largest absolute Gasteiger partial charge is 0.372 e. The van der Waals surface area contributed by atoms with Gasteiger partial charge in [0.15, 0.2) is 0 Å². The number of carbonyl (C=O) groups is 1. The van der Waals surface area contributed by atoms with Gasteiger partial charge in [0, 0.05) is 5.41 Å². The molecule has 0 aromatic heterocycles. The first-order chi connectivity index (χ1) is 6.27. The SMILES string of the molecule is CC(C)C(=O)OC#CC(C)(C)C(C)C. The zero-order valence-corrected chi connectivity index (χ0v) is 9.97. The summed E-state index contributed by atoms with van der Waals surface area (Å²) >= 11 is 0. The van der Waals surface area contributed by atoms with Crippen LogP contribution in [0.1, 0.15) is 41.5 Å². The number of carbonyl (C=O) groups excluding carboxylic acids is 1. The second kappa shape index (κ2) is 5.05. The Hall–Kier alpha value is -0.970. The van der Waals surface area contributed by atoms with E-state index < -0.39 is 0 Å². The topological polar surface area (TPSA) is 26.3 Å². The molecule has 0 aliphatic heterocycles. The highest BCUT2D eigenvalue weighted by Crippen LogP contribution is 2.24. The summed E-state index contributed by atoms with van der Waals surface area (Å²) in [5, 5.41) is 0. The lowest BCUT2D eigenvalue weighted by atomic mass is 9.82. The van der Waals surface area contributed by atoms with E-state index in [-0.39, 0.29) is 17.3 Å². The number of ether oxygens (including phenoxy) is 1. The molecule has 2 heteroatoms. The second-order valence-electron chi connectivity index (χ2n) is 4.68. The molecule has 0 aromatic rings. The summed E-state index contributed by atoms with van der Waals surface area (Å²) in [6, 6.07) is 0. The minimum absolute atomic E-state index is 0.114. The molecule has 0 amide bonds. The van der Waals surface area contributed by atoms with E-state index in [0.717, 1.165) is 0 Å². The molecule has 0 unspecified atom stereocenters. The van der Waals surface area contributed by atoms with Crippen molar-refractivity contribution in [2.75, 3.05) is 0 Å². The Balaban J connectivity index is 4.25. The molecule has 0 heterocycles. The van der Waals surface area contributed by atoms with Gasteiger partial charge >= 0.3 is 5.97 Å². The van der Waals surface area contributed by atoms with Crippen LogP contribution in [0.5, 0.6) is 0 Å². The van der Waals surface area contributed by atoms with Crippen LogP contribution in [0.4, 0.5) is 0 Å². The Morgan fingerprint density at radius 1 is 1.21 bits per heavy atom. The van der Waals surface area contributed by atoms with Gasteiger partial charge in [0.05, 0.1) is 5.92 Å². The van der Waals surface area contributed by atoms with E-state index in [4.69, 9.17) is 4.74 Å². The van der Waals surface area contributed by atoms with Crippen LogP contribution in [-0.2, 0) is 9.53 Å². The molecule has 0 fully saturated rings. The maximum absolute atomic E-state index is 11.1. The second-order valence-corrected chi connectivity index (χ2v) is 4.68. The minimum atomic E-state index is -0.267. The van der Waals surface area contributed by atoms with E-state index >= 15 is 0 Å². The fourth-order valence-electron chi connectivity index (χ4n) is 0.470. The van der Waals surface area contributed by atoms with Gasteiger partial charge in [-0.2, -0.15) is 0 Å². The summed E-state index contributed by atoms with van der Waals surface area (Å²) in [7, 11) is 0. The lowest BCUT2D eigenvalue weighted by Gasteiger charge is -2.21. The van der Waals surface area contributed by atoms with Crippen molar-refractivity contribution >= 4 is 5.97 Å². The van der Waals surface area contributed by atoms with Crippen molar-refractivity contribution in [2.45, 2.75) is 41.5 Å². The molecule has 0 N–H and O–H groups in total. The third-order valence-corrected chi connectivity index (χ3v) is 2.44. The highest BCUT2D eigenvalue weighted by Gasteiger charge is 2.19. The van der Waals surface area contributed by atoms with Crippen LogP contribution in [0.15, 0.2) is 0 Å². The number of rotatable bonds is 2. The van der Waals surface area contributed by atoms with E-state index in [9.17, 15) is 4.79 Å². The van der Waals surface area contributed by atoms with Crippen LogP contribution in [0.3, 0.4) is 0 Å². The summed E-state index contributed by atoms with van der Waals surface area (Å²) in [6.45, 7) is 11.8. The van der Waals surface area contributed by atoms with Crippen molar-refractivity contribution in [1.82, 2.24) is 0 Å². The summed E-state index contributed by atoms with van der Waals surface area (Å²) in [6.07, 6.45) is 2.49. The molecule has 0 bridgehead atoms. The van der Waals surface area contributed by atoms with Gasteiger partial charge in [0.25, 0.3) is 0 Å². The summed E-state index contributed by atoms with van der Waals surface area (Å²) in [5.74, 6) is 3.00. The van der Waals surface area contributed by atoms with Gasteiger partial charge in [0.2, 0.25) is 0 Å². The van der Waals surface area contributed by atoms with Crippen LogP contribution in [0, 0.1) is 29.3 Å². The average molecular weight is 196 g/mol. The van der Waals surface area contributed by atoms with Gasteiger partial charge in [-0.3, -0.25) is 4.79 Å². The Morgan fingerprint density at radius 2 is 1.71 bits per heavy atom. The average Bonchev–Trinajstić information content (AvgIpc) is 2.03. The van der Waals surface area contributed by atoms with Gasteiger partial charge in [-0.05, 0) is 19.8 Å². The fourth-order valence-corrected chi connectivity index (χ4v) is 0.470. The lowest BCUT2D eigenvalue weighted by molar-refractivity contribution is -0.140. The van der Waals surface area contributed by atoms with Gasteiger partial charge in [-0.1, -0.05) is 33.6 Å². The number of hydrogen-bond acceptors (Lipinski definition) is 2. The smallest absolute Gasteiger partial charge is 0.322 e. The third kappa shape index (κ3) is 4.32. The van der Waals surface area contributed by atoms with Gasteiger partial charge < -0.3 is 4.74 Å². The lowest BCUT2D eigenvalue weighted by Crippen LogP contribution is -2.17. The normalized spacial score (nSPS) is 11.1. The molecule has 0 rings (SSSR count). The van der Waals surface area contributed by atoms with Crippen LogP contribution in [0.2, 0.25) is 0 Å². The van der Waals surface area contributed by atoms with E-state index in [1.807, 2.05) is 13.8 Å². The van der Waals surface area contributed by atoms with Crippen molar-refractivity contribution in [3.8, 4) is 12.0 Å². The molecule has 0 saturated heterocycles. The van der Waals surface area contributed by atoms with E-state index in [1.165, 1.54) is 0 Å². The Kier molecular flexibility index (Phi) is 4.70. The summed E-state index contributed by atoms with van der Waals surface area (Å²) in [4.78, 5) is 11.1. The van der Waals surface area contributed by atoms with Crippen LogP contribution < -0.4 is 0 Å². The molecular formula is C12H20O2. The third-order valence-electron chi connectivity index (χ3n) is 2.44. The van der Waals surface area contributed by atoms with Gasteiger partial charge in [0.1, 0.15) is 6.11 Å². The first-order valence-electron chi connectivity index (χ1n) is 5.00. The van der Waals surface area contributed by atoms with Crippen LogP contribution in [0.25, 0.3) is 0 Å². The molecule has 0 radical (unpaired) electrons. The first-order valence-corrected chi connectivity index (χ1v) is 5.00. The zero-order chi connectivity index (χ0) is 11.4. The molecule has 80 valence electrons. The predicted octanol–water partition coefficient (Wildman–Crippen LogP) is 2.83. The molecule has 14 heavy (non-hydrogen) atoms. The zero-order valence-electron chi connectivity index (χ0n) is 9.97. The van der Waals surface area contributed by atoms with Gasteiger partial charge in [-0.15, -0.1) is 0 Å². The minimum Gasteiger partial charge on any atom is -0.372 e. The quantitative estimate of drug-likeness (QED) is 0.501. The molecule has 0 atom stereocenters. The Labute approximate surface area is 87.0 Å². The van der Waals surface area contributed by atoms with Crippen molar-refractivity contribution < 1.29 is 9.53 Å². The number of esters is 1. The Bertz CT molecular complexity index is 251. The highest BCUT2D eigenvalue weighted by molar-refractivity contribution is 5.72. The first kappa shape index (κ1) is 13.0.